The number of hydrogen-bond acceptors (Lipinski definition) is 6. The maximum Gasteiger partial charge on any atom is 0.329 e. The number of aromatic nitrogens is 2. The van der Waals surface area contributed by atoms with E-state index in [-0.39, 0.29) is 22.3 Å². The SMILES string of the molecule is COc1ccc(C(=O)c2ccccc2)c(O)c1.O=S(=O)(O)c1nc2ccccc2n1-c1ccccc1. The second-order valence-corrected chi connectivity index (χ2v) is 8.92. The van der Waals surface area contributed by atoms with Crippen molar-refractivity contribution in [2.75, 3.05) is 7.11 Å². The molecule has 0 spiro atoms. The van der Waals surface area contributed by atoms with Gasteiger partial charge in [0.25, 0.3) is 5.16 Å². The molecule has 0 radical (unpaired) electrons. The maximum absolute atomic E-state index is 12.1. The summed E-state index contributed by atoms with van der Waals surface area (Å²) in [5.41, 5.74) is 2.59. The molecule has 0 saturated carbocycles. The molecular formula is C27H22N2O6S. The molecule has 2 N–H and O–H groups in total. The lowest BCUT2D eigenvalue weighted by atomic mass is 10.0. The zero-order chi connectivity index (χ0) is 25.7. The normalized spacial score (nSPS) is 10.9. The maximum atomic E-state index is 12.1. The number of carbonyl (C=O) groups excluding carboxylic acids is 1. The Labute approximate surface area is 207 Å². The summed E-state index contributed by atoms with van der Waals surface area (Å²) < 4.78 is 38.6. The fourth-order valence-corrected chi connectivity index (χ4v) is 4.23. The van der Waals surface area contributed by atoms with E-state index in [1.54, 1.807) is 84.9 Å². The molecule has 0 aliphatic heterocycles. The molecule has 9 heteroatoms. The minimum absolute atomic E-state index is 0.0711. The van der Waals surface area contributed by atoms with E-state index in [1.807, 2.05) is 12.1 Å². The van der Waals surface area contributed by atoms with Crippen LogP contribution in [0.15, 0.2) is 108 Å². The van der Waals surface area contributed by atoms with E-state index in [1.165, 1.54) is 17.7 Å². The molecule has 182 valence electrons. The Morgan fingerprint density at radius 1 is 0.861 bits per heavy atom. The fraction of sp³-hybridized carbons (Fsp3) is 0.0370. The number of phenolic OH excluding ortho intramolecular Hbond substituents is 1. The van der Waals surface area contributed by atoms with Crippen molar-refractivity contribution in [3.05, 3.63) is 114 Å². The minimum atomic E-state index is -4.39. The largest absolute Gasteiger partial charge is 0.507 e. The highest BCUT2D eigenvalue weighted by molar-refractivity contribution is 7.85. The summed E-state index contributed by atoms with van der Waals surface area (Å²) in [5, 5.41) is 9.38. The minimum Gasteiger partial charge on any atom is -0.507 e. The van der Waals surface area contributed by atoms with Crippen LogP contribution in [0.4, 0.5) is 0 Å². The number of rotatable bonds is 5. The zero-order valence-corrected chi connectivity index (χ0v) is 20.0. The van der Waals surface area contributed by atoms with Crippen molar-refractivity contribution < 1.29 is 27.6 Å². The smallest absolute Gasteiger partial charge is 0.329 e. The standard InChI is InChI=1S/C14H12O3.C13H10N2O3S/c1-17-11-7-8-12(13(15)9-11)14(16)10-5-3-2-4-6-10;16-19(17,18)13-14-11-8-4-5-9-12(11)15(13)10-6-2-1-3-7-10/h2-9,15H,1H3;1-9H,(H,16,17,18). The van der Waals surface area contributed by atoms with Crippen LogP contribution in [0.25, 0.3) is 16.7 Å². The monoisotopic (exact) mass is 502 g/mol. The number of methoxy groups -OCH3 is 1. The van der Waals surface area contributed by atoms with E-state index in [2.05, 4.69) is 4.98 Å². The van der Waals surface area contributed by atoms with Crippen molar-refractivity contribution >= 4 is 26.9 Å². The predicted octanol–water partition coefficient (Wildman–Crippen LogP) is 4.90. The first kappa shape index (κ1) is 24.6. The molecule has 5 rings (SSSR count). The van der Waals surface area contributed by atoms with Gasteiger partial charge in [-0.25, -0.2) is 4.98 Å². The van der Waals surface area contributed by atoms with E-state index in [0.29, 0.717) is 28.0 Å². The number of carbonyl (C=O) groups is 1. The van der Waals surface area contributed by atoms with Crippen LogP contribution in [0.2, 0.25) is 0 Å². The van der Waals surface area contributed by atoms with Crippen molar-refractivity contribution in [3.8, 4) is 17.2 Å². The third kappa shape index (κ3) is 5.27. The van der Waals surface area contributed by atoms with E-state index in [0.717, 1.165) is 0 Å². The summed E-state index contributed by atoms with van der Waals surface area (Å²) in [6.45, 7) is 0. The third-order valence-corrected chi connectivity index (χ3v) is 6.00. The van der Waals surface area contributed by atoms with Gasteiger partial charge in [0, 0.05) is 17.3 Å². The lowest BCUT2D eigenvalue weighted by molar-refractivity contribution is 0.103. The summed E-state index contributed by atoms with van der Waals surface area (Å²) in [6.07, 6.45) is 0. The average molecular weight is 503 g/mol. The second kappa shape index (κ2) is 10.4. The van der Waals surface area contributed by atoms with Crippen LogP contribution in [-0.4, -0.2) is 40.5 Å². The Morgan fingerprint density at radius 3 is 2.08 bits per heavy atom. The van der Waals surface area contributed by atoms with Crippen molar-refractivity contribution in [1.82, 2.24) is 9.55 Å². The number of imidazole rings is 1. The number of para-hydroxylation sites is 3. The van der Waals surface area contributed by atoms with Gasteiger partial charge in [-0.15, -0.1) is 0 Å². The third-order valence-electron chi connectivity index (χ3n) is 5.26. The highest BCUT2D eigenvalue weighted by Gasteiger charge is 2.22. The molecule has 0 saturated heterocycles. The Morgan fingerprint density at radius 2 is 1.47 bits per heavy atom. The molecule has 0 unspecified atom stereocenters. The number of nitrogens with zero attached hydrogens (tertiary/aromatic N) is 2. The van der Waals surface area contributed by atoms with Crippen molar-refractivity contribution in [1.29, 1.82) is 0 Å². The second-order valence-electron chi connectivity index (χ2n) is 7.61. The van der Waals surface area contributed by atoms with Gasteiger partial charge in [-0.2, -0.15) is 8.42 Å². The molecular weight excluding hydrogens is 480 g/mol. The molecule has 8 nitrogen and oxygen atoms in total. The summed E-state index contributed by atoms with van der Waals surface area (Å²) in [5.74, 6) is 0.246. The van der Waals surface area contributed by atoms with Crippen LogP contribution in [0, 0.1) is 0 Å². The molecule has 5 aromatic rings. The van der Waals surface area contributed by atoms with Gasteiger partial charge in [0.2, 0.25) is 0 Å². The van der Waals surface area contributed by atoms with Gasteiger partial charge < -0.3 is 9.84 Å². The zero-order valence-electron chi connectivity index (χ0n) is 19.1. The van der Waals surface area contributed by atoms with Gasteiger partial charge in [-0.1, -0.05) is 60.7 Å². The average Bonchev–Trinajstić information content (AvgIpc) is 3.30. The van der Waals surface area contributed by atoms with Crippen LogP contribution >= 0.6 is 0 Å². The highest BCUT2D eigenvalue weighted by Crippen LogP contribution is 2.26. The first-order valence-electron chi connectivity index (χ1n) is 10.8. The molecule has 0 amide bonds. The Balaban J connectivity index is 0.000000170. The van der Waals surface area contributed by atoms with Crippen molar-refractivity contribution in [2.24, 2.45) is 0 Å². The fourth-order valence-electron chi connectivity index (χ4n) is 3.58. The quantitative estimate of drug-likeness (QED) is 0.259. The van der Waals surface area contributed by atoms with Crippen LogP contribution in [0.3, 0.4) is 0 Å². The number of ketones is 1. The Kier molecular flexibility index (Phi) is 7.14. The molecule has 4 aromatic carbocycles. The molecule has 0 atom stereocenters. The first-order valence-corrected chi connectivity index (χ1v) is 12.2. The highest BCUT2D eigenvalue weighted by atomic mass is 32.2. The van der Waals surface area contributed by atoms with Crippen LogP contribution in [0.1, 0.15) is 15.9 Å². The summed E-state index contributed by atoms with van der Waals surface area (Å²) in [7, 11) is -2.88. The van der Waals surface area contributed by atoms with Gasteiger partial charge in [-0.05, 0) is 36.4 Å². The summed E-state index contributed by atoms with van der Waals surface area (Å²) in [6, 6.07) is 29.4. The Hall–Kier alpha value is -4.47. The van der Waals surface area contributed by atoms with Crippen molar-refractivity contribution in [2.45, 2.75) is 5.16 Å². The van der Waals surface area contributed by atoms with Gasteiger partial charge >= 0.3 is 10.1 Å². The van der Waals surface area contributed by atoms with E-state index < -0.39 is 10.1 Å². The molecule has 1 aromatic heterocycles. The van der Waals surface area contributed by atoms with E-state index >= 15 is 0 Å². The number of ether oxygens (including phenoxy) is 1. The number of aromatic hydroxyl groups is 1. The van der Waals surface area contributed by atoms with E-state index in [4.69, 9.17) is 4.74 Å². The molecule has 36 heavy (non-hydrogen) atoms. The molecule has 0 fully saturated rings. The van der Waals surface area contributed by atoms with Gasteiger partial charge in [0.15, 0.2) is 5.78 Å². The van der Waals surface area contributed by atoms with Crippen LogP contribution in [0.5, 0.6) is 11.5 Å². The lowest BCUT2D eigenvalue weighted by Crippen LogP contribution is -2.08. The molecule has 0 aliphatic rings. The number of benzene rings is 4. The van der Waals surface area contributed by atoms with Crippen molar-refractivity contribution in [3.63, 3.8) is 0 Å². The topological polar surface area (TPSA) is 119 Å². The molecule has 1 heterocycles. The summed E-state index contributed by atoms with van der Waals surface area (Å²) in [4.78, 5) is 16.1. The first-order chi connectivity index (χ1) is 17.3. The molecule has 0 bridgehead atoms. The number of fused-ring (bicyclic) bond motifs is 1. The van der Waals surface area contributed by atoms with Gasteiger partial charge in [-0.3, -0.25) is 13.9 Å². The molecule has 0 aliphatic carbocycles. The van der Waals surface area contributed by atoms with Gasteiger partial charge in [0.1, 0.15) is 11.5 Å². The lowest BCUT2D eigenvalue weighted by Gasteiger charge is -2.06. The number of phenols is 1. The van der Waals surface area contributed by atoms with Crippen LogP contribution < -0.4 is 4.74 Å². The Bertz CT molecular complexity index is 1610. The van der Waals surface area contributed by atoms with Crippen LogP contribution in [-0.2, 0) is 10.1 Å². The van der Waals surface area contributed by atoms with Gasteiger partial charge in [0.05, 0.1) is 23.7 Å². The predicted molar refractivity (Wildman–Crippen MR) is 135 cm³/mol. The number of hydrogen-bond donors (Lipinski definition) is 2. The van der Waals surface area contributed by atoms with E-state index in [9.17, 15) is 22.9 Å². The summed E-state index contributed by atoms with van der Waals surface area (Å²) >= 11 is 0.